The maximum Gasteiger partial charge on any atom is 0.174 e. The first kappa shape index (κ1) is 21.8. The van der Waals surface area contributed by atoms with Crippen LogP contribution in [0.1, 0.15) is 49.9 Å². The Bertz CT molecular complexity index is 1340. The van der Waals surface area contributed by atoms with Gasteiger partial charge in [-0.1, -0.05) is 55.0 Å². The topological polar surface area (TPSA) is 75.0 Å². The molecule has 3 aliphatic heterocycles. The minimum atomic E-state index is -0.234. The zero-order chi connectivity index (χ0) is 24.4. The second-order valence-corrected chi connectivity index (χ2v) is 11.4. The quantitative estimate of drug-likeness (QED) is 0.493. The van der Waals surface area contributed by atoms with E-state index in [1.54, 1.807) is 0 Å². The summed E-state index contributed by atoms with van der Waals surface area (Å²) in [4.78, 5) is 0. The molecule has 6 heteroatoms. The predicted molar refractivity (Wildman–Crippen MR) is 143 cm³/mol. The Morgan fingerprint density at radius 3 is 2.76 bits per heavy atom. The molecule has 6 nitrogen and oxygen atoms in total. The highest BCUT2D eigenvalue weighted by Gasteiger charge is 2.61. The van der Waals surface area contributed by atoms with Gasteiger partial charge < -0.3 is 14.8 Å². The minimum Gasteiger partial charge on any atom is -0.489 e. The van der Waals surface area contributed by atoms with Gasteiger partial charge in [0, 0.05) is 40.0 Å². The number of nitrogens with zero attached hydrogens (tertiary/aromatic N) is 1. The maximum atomic E-state index is 6.89. The summed E-state index contributed by atoms with van der Waals surface area (Å²) in [5, 5.41) is 14.0. The Morgan fingerprint density at radius 2 is 1.89 bits per heavy atom. The van der Waals surface area contributed by atoms with Gasteiger partial charge in [-0.3, -0.25) is 5.10 Å². The molecule has 7 atom stereocenters. The maximum absolute atomic E-state index is 6.89. The van der Waals surface area contributed by atoms with E-state index in [9.17, 15) is 0 Å². The fourth-order valence-corrected chi connectivity index (χ4v) is 8.01. The number of benzene rings is 1. The molecule has 0 radical (unpaired) electrons. The van der Waals surface area contributed by atoms with Gasteiger partial charge in [-0.25, -0.2) is 5.21 Å². The van der Waals surface area contributed by atoms with Gasteiger partial charge in [0.1, 0.15) is 23.7 Å². The highest BCUT2D eigenvalue weighted by Crippen LogP contribution is 2.62. The van der Waals surface area contributed by atoms with Crippen molar-refractivity contribution >= 4 is 5.57 Å². The lowest BCUT2D eigenvalue weighted by molar-refractivity contribution is -0.0140. The van der Waals surface area contributed by atoms with Crippen molar-refractivity contribution in [2.24, 2.45) is 17.8 Å². The molecule has 190 valence electrons. The molecule has 8 rings (SSSR count). The number of piperidine rings is 1. The molecular weight excluding hydrogens is 460 g/mol. The van der Waals surface area contributed by atoms with E-state index in [2.05, 4.69) is 87.5 Å². The smallest absolute Gasteiger partial charge is 0.174 e. The van der Waals surface area contributed by atoms with E-state index < -0.39 is 0 Å². The van der Waals surface area contributed by atoms with Gasteiger partial charge in [0.2, 0.25) is 0 Å². The number of rotatable bonds is 2. The average Bonchev–Trinajstić information content (AvgIpc) is 2.92. The van der Waals surface area contributed by atoms with Crippen LogP contribution >= 0.6 is 0 Å². The van der Waals surface area contributed by atoms with Crippen LogP contribution in [0.4, 0.5) is 0 Å². The molecule has 2 saturated heterocycles. The number of allylic oxidation sites excluding steroid dienone is 5. The molecule has 2 fully saturated rings. The number of hydrogen-bond donors (Lipinski definition) is 3. The molecule has 37 heavy (non-hydrogen) atoms. The third-order valence-electron chi connectivity index (χ3n) is 9.61. The van der Waals surface area contributed by atoms with E-state index in [-0.39, 0.29) is 29.5 Å². The molecule has 0 saturated carbocycles. The van der Waals surface area contributed by atoms with Gasteiger partial charge in [0.05, 0.1) is 0 Å². The summed E-state index contributed by atoms with van der Waals surface area (Å²) in [5.41, 5.74) is 3.50. The number of aromatic amines is 2. The van der Waals surface area contributed by atoms with E-state index in [1.807, 2.05) is 0 Å². The number of aromatic nitrogens is 3. The van der Waals surface area contributed by atoms with Crippen LogP contribution < -0.4 is 10.1 Å². The Labute approximate surface area is 217 Å². The van der Waals surface area contributed by atoms with Gasteiger partial charge >= 0.3 is 0 Å². The van der Waals surface area contributed by atoms with Gasteiger partial charge in [-0.05, 0) is 62.8 Å². The van der Waals surface area contributed by atoms with E-state index >= 15 is 0 Å². The summed E-state index contributed by atoms with van der Waals surface area (Å²) >= 11 is 0. The first-order valence-corrected chi connectivity index (χ1v) is 14.1. The van der Waals surface area contributed by atoms with E-state index in [0.29, 0.717) is 12.0 Å². The number of nitrogens with one attached hydrogen (secondary N) is 3. The first-order valence-electron chi connectivity index (χ1n) is 14.1. The molecule has 1 spiro atoms. The summed E-state index contributed by atoms with van der Waals surface area (Å²) in [7, 11) is 0. The van der Waals surface area contributed by atoms with Crippen molar-refractivity contribution in [2.75, 3.05) is 6.54 Å². The molecule has 6 unspecified atom stereocenters. The van der Waals surface area contributed by atoms with Crippen molar-refractivity contribution in [2.45, 2.75) is 62.2 Å². The Kier molecular flexibility index (Phi) is 4.94. The fraction of sp³-hybridized carbons (Fsp3) is 0.452. The molecule has 1 aromatic heterocycles. The molecule has 6 aliphatic rings. The Hall–Kier alpha value is -3.25. The second kappa shape index (κ2) is 8.38. The minimum absolute atomic E-state index is 0.0652. The van der Waals surface area contributed by atoms with Crippen molar-refractivity contribution < 1.29 is 9.47 Å². The zero-order valence-corrected chi connectivity index (χ0v) is 21.0. The lowest BCUT2D eigenvalue weighted by atomic mass is 9.50. The fourth-order valence-electron chi connectivity index (χ4n) is 8.01. The van der Waals surface area contributed by atoms with Gasteiger partial charge in [0.15, 0.2) is 5.82 Å². The van der Waals surface area contributed by atoms with Gasteiger partial charge in [-0.15, -0.1) is 5.10 Å². The van der Waals surface area contributed by atoms with Crippen LogP contribution in [0.25, 0.3) is 5.57 Å². The van der Waals surface area contributed by atoms with E-state index in [0.717, 1.165) is 48.7 Å². The van der Waals surface area contributed by atoms with Crippen LogP contribution in [0.3, 0.4) is 0 Å². The number of para-hydroxylation sites is 1. The standard InChI is InChI=1S/C31H34N4O2/c1-3-10-26-21(7-1)31(23-14-12-19(17-28(23)36-26)25-9-5-6-16-32-25)22-8-2-4-11-27(22)37-29-18-20(13-15-24(29)31)30-33-35-34-30/h1,3,7-8,10-15,18-19,23-25,28-29,32,35H,2,4-6,9,16-17H2,(H,33,34)/t19?,23?,24?,25?,28?,29?,31-/m0/s1. The SMILES string of the molecule is C1=CC2C(C=C1c1n[nH][nH]1)OC1=CCCC=C1[C@]21c2ccccc2OC2CC(C3CCCCN3)C=CC21. The van der Waals surface area contributed by atoms with Crippen LogP contribution in [0.5, 0.6) is 5.75 Å². The van der Waals surface area contributed by atoms with Crippen molar-refractivity contribution in [3.05, 3.63) is 89.5 Å². The summed E-state index contributed by atoms with van der Waals surface area (Å²) < 4.78 is 13.7. The lowest BCUT2D eigenvalue weighted by Gasteiger charge is -2.58. The van der Waals surface area contributed by atoms with Crippen molar-refractivity contribution in [3.8, 4) is 5.75 Å². The number of H-pyrrole nitrogens is 2. The second-order valence-electron chi connectivity index (χ2n) is 11.4. The molecule has 3 aliphatic carbocycles. The highest BCUT2D eigenvalue weighted by molar-refractivity contribution is 5.73. The predicted octanol–water partition coefficient (Wildman–Crippen LogP) is 5.34. The number of fused-ring (bicyclic) bond motifs is 8. The third-order valence-corrected chi connectivity index (χ3v) is 9.61. The largest absolute Gasteiger partial charge is 0.489 e. The summed E-state index contributed by atoms with van der Waals surface area (Å²) in [6.45, 7) is 1.13. The first-order chi connectivity index (χ1) is 18.3. The monoisotopic (exact) mass is 494 g/mol. The Morgan fingerprint density at radius 1 is 0.973 bits per heavy atom. The number of ether oxygens (including phenoxy) is 2. The van der Waals surface area contributed by atoms with Crippen LogP contribution in [-0.4, -0.2) is 40.2 Å². The summed E-state index contributed by atoms with van der Waals surface area (Å²) in [6.07, 6.45) is 23.8. The van der Waals surface area contributed by atoms with Crippen LogP contribution in [0, 0.1) is 17.8 Å². The molecule has 0 amide bonds. The number of hydrogen-bond acceptors (Lipinski definition) is 4. The summed E-state index contributed by atoms with van der Waals surface area (Å²) in [6, 6.07) is 9.34. The van der Waals surface area contributed by atoms with Crippen LogP contribution in [0.2, 0.25) is 0 Å². The van der Waals surface area contributed by atoms with E-state index in [4.69, 9.17) is 9.47 Å². The molecule has 3 N–H and O–H groups in total. The van der Waals surface area contributed by atoms with Crippen molar-refractivity contribution in [1.29, 1.82) is 0 Å². The van der Waals surface area contributed by atoms with E-state index in [1.165, 1.54) is 30.4 Å². The average molecular weight is 495 g/mol. The van der Waals surface area contributed by atoms with Gasteiger partial charge in [0.25, 0.3) is 0 Å². The molecule has 1 aromatic carbocycles. The van der Waals surface area contributed by atoms with Crippen molar-refractivity contribution in [3.63, 3.8) is 0 Å². The van der Waals surface area contributed by atoms with Crippen LogP contribution in [-0.2, 0) is 10.2 Å². The summed E-state index contributed by atoms with van der Waals surface area (Å²) in [5.74, 6) is 3.89. The lowest BCUT2D eigenvalue weighted by Crippen LogP contribution is -2.59. The molecule has 0 bridgehead atoms. The van der Waals surface area contributed by atoms with Crippen LogP contribution in [0.15, 0.2) is 78.1 Å². The van der Waals surface area contributed by atoms with Gasteiger partial charge in [-0.2, -0.15) is 0 Å². The molecule has 4 heterocycles. The third kappa shape index (κ3) is 3.18. The van der Waals surface area contributed by atoms with Crippen molar-refractivity contribution in [1.82, 2.24) is 20.7 Å². The molecular formula is C31H34N4O2. The zero-order valence-electron chi connectivity index (χ0n) is 21.0. The molecule has 2 aromatic rings. The normalized spacial score (nSPS) is 37.7. The highest BCUT2D eigenvalue weighted by atomic mass is 16.5. The Balaban J connectivity index is 1.29.